The number of benzene rings is 1. The van der Waals surface area contributed by atoms with Gasteiger partial charge in [-0.25, -0.2) is 9.37 Å². The molecular weight excluding hydrogens is 518 g/mol. The van der Waals surface area contributed by atoms with Crippen molar-refractivity contribution in [2.24, 2.45) is 18.9 Å². The summed E-state index contributed by atoms with van der Waals surface area (Å²) in [6.07, 6.45) is -0.677. The second kappa shape index (κ2) is 9.32. The van der Waals surface area contributed by atoms with E-state index < -0.39 is 23.3 Å². The van der Waals surface area contributed by atoms with Crippen LogP contribution in [0.4, 0.5) is 29.1 Å². The van der Waals surface area contributed by atoms with Crippen LogP contribution in [0, 0.1) is 17.7 Å². The number of halogens is 5. The predicted octanol–water partition coefficient (Wildman–Crippen LogP) is 5.22. The number of imidazole rings is 1. The van der Waals surface area contributed by atoms with E-state index in [2.05, 4.69) is 20.8 Å². The zero-order valence-corrected chi connectivity index (χ0v) is 20.4. The van der Waals surface area contributed by atoms with Gasteiger partial charge in [-0.05, 0) is 55.7 Å². The molecule has 13 heteroatoms. The van der Waals surface area contributed by atoms with Crippen molar-refractivity contribution < 1.29 is 32.0 Å². The Balaban J connectivity index is 1.22. The van der Waals surface area contributed by atoms with Gasteiger partial charge in [0.05, 0.1) is 22.6 Å². The molecule has 2 aliphatic carbocycles. The topological polar surface area (TPSA) is 105 Å². The lowest BCUT2D eigenvalue weighted by Crippen LogP contribution is -2.34. The van der Waals surface area contributed by atoms with Gasteiger partial charge in [-0.15, -0.1) is 0 Å². The number of nitrogens with zero attached hydrogens (tertiary/aromatic N) is 3. The standard InChI is InChI=1S/C24H24ClF4N5O3/c1-34-11-31-20(21(34)22(35)32-15-2-3-17(26)16(25)6-15)12-4-13-8-23(36,9-14(13)5-12)10-30-19-7-18(33-37-19)24(27,28)29/h2-3,6-7,11-14,30,36H,4-5,8-10H2,1H3,(H,32,35). The maximum Gasteiger partial charge on any atom is 0.436 e. The first-order chi connectivity index (χ1) is 17.4. The first-order valence-corrected chi connectivity index (χ1v) is 12.1. The highest BCUT2D eigenvalue weighted by Gasteiger charge is 2.50. The normalized spacial score (nSPS) is 25.3. The van der Waals surface area contributed by atoms with Crippen molar-refractivity contribution in [2.45, 2.75) is 43.4 Å². The van der Waals surface area contributed by atoms with Gasteiger partial charge in [0.1, 0.15) is 11.5 Å². The number of rotatable bonds is 6. The molecule has 2 saturated carbocycles. The number of alkyl halides is 3. The van der Waals surface area contributed by atoms with E-state index in [1.807, 2.05) is 0 Å². The van der Waals surface area contributed by atoms with E-state index >= 15 is 0 Å². The van der Waals surface area contributed by atoms with Crippen LogP contribution in [0.15, 0.2) is 35.1 Å². The van der Waals surface area contributed by atoms with E-state index in [4.69, 9.17) is 16.1 Å². The molecule has 0 saturated heterocycles. The molecule has 1 aromatic carbocycles. The highest BCUT2D eigenvalue weighted by Crippen LogP contribution is 2.54. The second-order valence-corrected chi connectivity index (χ2v) is 10.3. The van der Waals surface area contributed by atoms with Crippen molar-refractivity contribution in [3.63, 3.8) is 0 Å². The molecule has 2 aliphatic rings. The van der Waals surface area contributed by atoms with Gasteiger partial charge in [0.15, 0.2) is 5.69 Å². The van der Waals surface area contributed by atoms with Crippen LogP contribution in [-0.4, -0.2) is 37.9 Å². The second-order valence-electron chi connectivity index (χ2n) is 9.92. The molecule has 0 spiro atoms. The summed E-state index contributed by atoms with van der Waals surface area (Å²) < 4.78 is 57.9. The lowest BCUT2D eigenvalue weighted by molar-refractivity contribution is -0.142. The monoisotopic (exact) mass is 541 g/mol. The molecule has 1 amide bonds. The van der Waals surface area contributed by atoms with Crippen LogP contribution < -0.4 is 10.6 Å². The van der Waals surface area contributed by atoms with E-state index in [0.29, 0.717) is 42.8 Å². The third kappa shape index (κ3) is 5.17. The number of hydrogen-bond acceptors (Lipinski definition) is 6. The number of carbonyl (C=O) groups is 1. The molecule has 2 aromatic heterocycles. The average molecular weight is 542 g/mol. The summed E-state index contributed by atoms with van der Waals surface area (Å²) in [6.45, 7) is 0.0363. The van der Waals surface area contributed by atoms with Gasteiger partial charge in [-0.2, -0.15) is 13.2 Å². The third-order valence-electron chi connectivity index (χ3n) is 7.26. The minimum Gasteiger partial charge on any atom is -0.388 e. The van der Waals surface area contributed by atoms with Crippen LogP contribution in [0.5, 0.6) is 0 Å². The lowest BCUT2D eigenvalue weighted by atomic mass is 9.92. The van der Waals surface area contributed by atoms with Gasteiger partial charge >= 0.3 is 6.18 Å². The van der Waals surface area contributed by atoms with Gasteiger partial charge in [-0.1, -0.05) is 16.8 Å². The zero-order chi connectivity index (χ0) is 26.5. The molecule has 0 aliphatic heterocycles. The molecule has 198 valence electrons. The van der Waals surface area contributed by atoms with Crippen molar-refractivity contribution in [1.29, 1.82) is 0 Å². The smallest absolute Gasteiger partial charge is 0.388 e. The Bertz CT molecular complexity index is 1310. The Kier molecular flexibility index (Phi) is 6.43. The largest absolute Gasteiger partial charge is 0.436 e. The summed E-state index contributed by atoms with van der Waals surface area (Å²) in [6, 6.07) is 4.70. The summed E-state index contributed by atoms with van der Waals surface area (Å²) >= 11 is 5.82. The fraction of sp³-hybridized carbons (Fsp3) is 0.458. The fourth-order valence-electron chi connectivity index (χ4n) is 5.67. The number of anilines is 2. The summed E-state index contributed by atoms with van der Waals surface area (Å²) in [5.41, 5.74) is -0.819. The summed E-state index contributed by atoms with van der Waals surface area (Å²) in [5.74, 6) is -0.768. The van der Waals surface area contributed by atoms with E-state index in [0.717, 1.165) is 6.07 Å². The number of aryl methyl sites for hydroxylation is 1. The van der Waals surface area contributed by atoms with Crippen molar-refractivity contribution in [3.05, 3.63) is 58.5 Å². The number of aromatic nitrogens is 3. The van der Waals surface area contributed by atoms with E-state index in [9.17, 15) is 27.5 Å². The molecule has 2 atom stereocenters. The predicted molar refractivity (Wildman–Crippen MR) is 126 cm³/mol. The summed E-state index contributed by atoms with van der Waals surface area (Å²) in [4.78, 5) is 17.5. The number of amides is 1. The number of aliphatic hydroxyl groups is 1. The summed E-state index contributed by atoms with van der Waals surface area (Å²) in [5, 5.41) is 19.4. The summed E-state index contributed by atoms with van der Waals surface area (Å²) in [7, 11) is 1.72. The maximum atomic E-state index is 13.5. The van der Waals surface area contributed by atoms with E-state index in [1.54, 1.807) is 17.9 Å². The average Bonchev–Trinajstić information content (AvgIpc) is 3.57. The van der Waals surface area contributed by atoms with Gasteiger partial charge < -0.3 is 24.8 Å². The molecule has 5 rings (SSSR count). The van der Waals surface area contributed by atoms with Crippen molar-refractivity contribution in [3.8, 4) is 0 Å². The van der Waals surface area contributed by atoms with E-state index in [1.165, 1.54) is 18.2 Å². The lowest BCUT2D eigenvalue weighted by Gasteiger charge is -2.24. The molecule has 8 nitrogen and oxygen atoms in total. The molecule has 3 aromatic rings. The highest BCUT2D eigenvalue weighted by atomic mass is 35.5. The molecule has 2 heterocycles. The Morgan fingerprint density at radius 1 is 1.27 bits per heavy atom. The minimum absolute atomic E-state index is 0.00915. The van der Waals surface area contributed by atoms with Gasteiger partial charge in [-0.3, -0.25) is 4.79 Å². The van der Waals surface area contributed by atoms with Crippen molar-refractivity contribution in [1.82, 2.24) is 14.7 Å². The molecular formula is C24H24ClF4N5O3. The Labute approximate surface area is 214 Å². The first kappa shape index (κ1) is 25.5. The quantitative estimate of drug-likeness (QED) is 0.370. The number of carbonyl (C=O) groups excluding carboxylic acids is 1. The highest BCUT2D eigenvalue weighted by molar-refractivity contribution is 6.31. The molecule has 3 N–H and O–H groups in total. The van der Waals surface area contributed by atoms with Crippen LogP contribution in [0.2, 0.25) is 5.02 Å². The van der Waals surface area contributed by atoms with Gasteiger partial charge in [0, 0.05) is 31.3 Å². The van der Waals surface area contributed by atoms with Crippen LogP contribution in [-0.2, 0) is 13.2 Å². The van der Waals surface area contributed by atoms with Crippen LogP contribution >= 0.6 is 11.6 Å². The van der Waals surface area contributed by atoms with Crippen molar-refractivity contribution >= 4 is 29.1 Å². The minimum atomic E-state index is -4.60. The maximum absolute atomic E-state index is 13.5. The SMILES string of the molecule is Cn1cnc(C2CC3CC(O)(CNc4cc(C(F)(F)F)no4)CC3C2)c1C(=O)Nc1ccc(F)c(Cl)c1. The molecule has 37 heavy (non-hydrogen) atoms. The van der Waals surface area contributed by atoms with Crippen molar-refractivity contribution in [2.75, 3.05) is 17.2 Å². The Morgan fingerprint density at radius 3 is 2.59 bits per heavy atom. The van der Waals surface area contributed by atoms with E-state index in [-0.39, 0.29) is 41.1 Å². The number of hydrogen-bond donors (Lipinski definition) is 3. The van der Waals surface area contributed by atoms with Crippen LogP contribution in [0.1, 0.15) is 53.5 Å². The number of fused-ring (bicyclic) bond motifs is 1. The molecule has 0 radical (unpaired) electrons. The molecule has 0 bridgehead atoms. The third-order valence-corrected chi connectivity index (χ3v) is 7.55. The molecule has 2 unspecified atom stereocenters. The van der Waals surface area contributed by atoms with Gasteiger partial charge in [0.25, 0.3) is 5.91 Å². The first-order valence-electron chi connectivity index (χ1n) is 11.7. The zero-order valence-electron chi connectivity index (χ0n) is 19.6. The van der Waals surface area contributed by atoms with Crippen LogP contribution in [0.3, 0.4) is 0 Å². The fourth-order valence-corrected chi connectivity index (χ4v) is 5.85. The Hall–Kier alpha value is -3.12. The van der Waals surface area contributed by atoms with Crippen LogP contribution in [0.25, 0.3) is 0 Å². The number of nitrogens with one attached hydrogen (secondary N) is 2. The van der Waals surface area contributed by atoms with Gasteiger partial charge in [0.2, 0.25) is 5.88 Å². The molecule has 2 fully saturated rings. The Morgan fingerprint density at radius 2 is 1.97 bits per heavy atom.